The van der Waals surface area contributed by atoms with Gasteiger partial charge in [-0.2, -0.15) is 0 Å². The van der Waals surface area contributed by atoms with Crippen LogP contribution in [0.1, 0.15) is 17.4 Å². The summed E-state index contributed by atoms with van der Waals surface area (Å²) in [6, 6.07) is 5.30. The first-order valence-corrected chi connectivity index (χ1v) is 7.79. The smallest absolute Gasteiger partial charge is 0.327 e. The van der Waals surface area contributed by atoms with Crippen molar-refractivity contribution < 1.29 is 29.7 Å². The Kier molecular flexibility index (Phi) is 5.28. The van der Waals surface area contributed by atoms with Gasteiger partial charge in [0.1, 0.15) is 17.2 Å². The molecule has 0 spiro atoms. The van der Waals surface area contributed by atoms with Crippen molar-refractivity contribution in [1.29, 1.82) is 0 Å². The molecule has 1 unspecified atom stereocenters. The minimum atomic E-state index is -1.17. The van der Waals surface area contributed by atoms with E-state index in [-0.39, 0.29) is 17.9 Å². The first-order valence-electron chi connectivity index (χ1n) is 6.74. The van der Waals surface area contributed by atoms with E-state index in [1.807, 2.05) is 0 Å². The van der Waals surface area contributed by atoms with Gasteiger partial charge in [0.25, 0.3) is 0 Å². The summed E-state index contributed by atoms with van der Waals surface area (Å²) in [4.78, 5) is 35.4. The molecule has 7 nitrogen and oxygen atoms in total. The molecule has 0 aliphatic carbocycles. The van der Waals surface area contributed by atoms with Crippen LogP contribution in [-0.4, -0.2) is 49.9 Å². The molecular weight excluding hydrogens is 322 g/mol. The predicted octanol–water partition coefficient (Wildman–Crippen LogP) is 1.45. The summed E-state index contributed by atoms with van der Waals surface area (Å²) in [6.07, 6.45) is 1.83. The SMILES string of the molecule is O=C(O)/C=C/CC(=O)N1C(c2cccc(O)c2)SC[C@H]1C(=O)O. The number of phenolic OH excluding ortho intramolecular Hbond substituents is 1. The zero-order valence-corrected chi connectivity index (χ0v) is 12.8. The molecular formula is C15H15NO6S. The second-order valence-corrected chi connectivity index (χ2v) is 5.99. The van der Waals surface area contributed by atoms with Crippen LogP contribution < -0.4 is 0 Å². The Labute approximate surface area is 136 Å². The lowest BCUT2D eigenvalue weighted by molar-refractivity contribution is -0.148. The number of aromatic hydroxyl groups is 1. The molecule has 0 aromatic heterocycles. The number of hydrogen-bond acceptors (Lipinski definition) is 5. The maximum Gasteiger partial charge on any atom is 0.327 e. The van der Waals surface area contributed by atoms with Crippen LogP contribution in [0, 0.1) is 0 Å². The average Bonchev–Trinajstić information content (AvgIpc) is 2.91. The molecule has 1 aromatic carbocycles. The quantitative estimate of drug-likeness (QED) is 0.697. The number of benzene rings is 1. The largest absolute Gasteiger partial charge is 0.508 e. The molecule has 1 aromatic rings. The molecule has 0 bridgehead atoms. The molecule has 1 aliphatic heterocycles. The molecule has 2 atom stereocenters. The summed E-state index contributed by atoms with van der Waals surface area (Å²) < 4.78 is 0. The standard InChI is InChI=1S/C15H15NO6S/c17-10-4-1-3-9(7-10)14-16(11(8-23-14)15(21)22)12(18)5-2-6-13(19)20/h1-4,6-7,11,14,17H,5,8H2,(H,19,20)(H,21,22)/b6-2+/t11-,14?/m0/s1. The molecule has 3 N–H and O–H groups in total. The van der Waals surface area contributed by atoms with Gasteiger partial charge in [0.15, 0.2) is 0 Å². The highest BCUT2D eigenvalue weighted by molar-refractivity contribution is 7.99. The monoisotopic (exact) mass is 337 g/mol. The summed E-state index contributed by atoms with van der Waals surface area (Å²) in [7, 11) is 0. The van der Waals surface area contributed by atoms with Gasteiger partial charge in [0.2, 0.25) is 5.91 Å². The van der Waals surface area contributed by atoms with Gasteiger partial charge in [-0.05, 0) is 17.7 Å². The van der Waals surface area contributed by atoms with Crippen molar-refractivity contribution >= 4 is 29.6 Å². The third-order valence-corrected chi connectivity index (χ3v) is 4.60. The third-order valence-electron chi connectivity index (χ3n) is 3.28. The second-order valence-electron chi connectivity index (χ2n) is 4.88. The van der Waals surface area contributed by atoms with Gasteiger partial charge in [0.05, 0.1) is 0 Å². The molecule has 122 valence electrons. The Hall–Kier alpha value is -2.48. The van der Waals surface area contributed by atoms with Crippen LogP contribution in [-0.2, 0) is 14.4 Å². The molecule has 0 saturated carbocycles. The average molecular weight is 337 g/mol. The van der Waals surface area contributed by atoms with E-state index < -0.39 is 29.3 Å². The van der Waals surface area contributed by atoms with E-state index in [0.717, 1.165) is 6.08 Å². The van der Waals surface area contributed by atoms with Gasteiger partial charge in [-0.3, -0.25) is 4.79 Å². The number of carboxylic acid groups (broad SMARTS) is 2. The van der Waals surface area contributed by atoms with E-state index >= 15 is 0 Å². The predicted molar refractivity (Wildman–Crippen MR) is 83.0 cm³/mol. The van der Waals surface area contributed by atoms with E-state index in [4.69, 9.17) is 5.11 Å². The van der Waals surface area contributed by atoms with Crippen LogP contribution in [0.25, 0.3) is 0 Å². The second kappa shape index (κ2) is 7.19. The van der Waals surface area contributed by atoms with E-state index in [1.54, 1.807) is 12.1 Å². The van der Waals surface area contributed by atoms with Crippen LogP contribution in [0.2, 0.25) is 0 Å². The number of carbonyl (C=O) groups is 3. The van der Waals surface area contributed by atoms with Crippen molar-refractivity contribution in [2.75, 3.05) is 5.75 Å². The molecule has 23 heavy (non-hydrogen) atoms. The van der Waals surface area contributed by atoms with Crippen molar-refractivity contribution in [3.8, 4) is 5.75 Å². The minimum Gasteiger partial charge on any atom is -0.508 e. The fourth-order valence-corrected chi connectivity index (χ4v) is 3.73. The van der Waals surface area contributed by atoms with Crippen LogP contribution in [0.3, 0.4) is 0 Å². The van der Waals surface area contributed by atoms with E-state index in [1.165, 1.54) is 34.9 Å². The molecule has 0 radical (unpaired) electrons. The van der Waals surface area contributed by atoms with Gasteiger partial charge < -0.3 is 20.2 Å². The van der Waals surface area contributed by atoms with E-state index in [9.17, 15) is 24.6 Å². The van der Waals surface area contributed by atoms with E-state index in [0.29, 0.717) is 5.56 Å². The molecule has 8 heteroatoms. The Bertz CT molecular complexity index is 659. The fourth-order valence-electron chi connectivity index (χ4n) is 2.30. The summed E-state index contributed by atoms with van der Waals surface area (Å²) >= 11 is 1.29. The molecule has 1 saturated heterocycles. The Morgan fingerprint density at radius 2 is 2.04 bits per heavy atom. The summed E-state index contributed by atoms with van der Waals surface area (Å²) in [5, 5.41) is 26.9. The minimum absolute atomic E-state index is 0.0278. The molecule has 1 amide bonds. The number of rotatable bonds is 5. The Balaban J connectivity index is 2.25. The number of amides is 1. The highest BCUT2D eigenvalue weighted by Gasteiger charge is 2.41. The number of aliphatic carboxylic acids is 2. The zero-order valence-electron chi connectivity index (χ0n) is 12.0. The number of carboxylic acids is 2. The first-order chi connectivity index (χ1) is 10.9. The lowest BCUT2D eigenvalue weighted by Crippen LogP contribution is -2.42. The van der Waals surface area contributed by atoms with Gasteiger partial charge in [-0.25, -0.2) is 9.59 Å². The summed E-state index contributed by atoms with van der Waals surface area (Å²) in [5.41, 5.74) is 0.620. The lowest BCUT2D eigenvalue weighted by atomic mass is 10.1. The van der Waals surface area contributed by atoms with Crippen LogP contribution >= 0.6 is 11.8 Å². The Morgan fingerprint density at radius 1 is 1.30 bits per heavy atom. The molecule has 1 fully saturated rings. The van der Waals surface area contributed by atoms with E-state index in [2.05, 4.69) is 0 Å². The van der Waals surface area contributed by atoms with Crippen LogP contribution in [0.5, 0.6) is 5.75 Å². The maximum absolute atomic E-state index is 12.4. The van der Waals surface area contributed by atoms with Crippen molar-refractivity contribution in [2.24, 2.45) is 0 Å². The van der Waals surface area contributed by atoms with Crippen LogP contribution in [0.15, 0.2) is 36.4 Å². The number of nitrogens with zero attached hydrogens (tertiary/aromatic N) is 1. The normalized spacial score (nSPS) is 20.8. The Morgan fingerprint density at radius 3 is 2.65 bits per heavy atom. The number of phenols is 1. The van der Waals surface area contributed by atoms with Crippen molar-refractivity contribution in [1.82, 2.24) is 4.90 Å². The molecule has 1 aliphatic rings. The number of hydrogen-bond donors (Lipinski definition) is 3. The first kappa shape index (κ1) is 16.9. The topological polar surface area (TPSA) is 115 Å². The van der Waals surface area contributed by atoms with Crippen molar-refractivity contribution in [3.05, 3.63) is 42.0 Å². The van der Waals surface area contributed by atoms with Crippen molar-refractivity contribution in [2.45, 2.75) is 17.8 Å². The highest BCUT2D eigenvalue weighted by atomic mass is 32.2. The number of carbonyl (C=O) groups excluding carboxylic acids is 1. The van der Waals surface area contributed by atoms with Gasteiger partial charge in [-0.1, -0.05) is 18.2 Å². The van der Waals surface area contributed by atoms with Crippen molar-refractivity contribution in [3.63, 3.8) is 0 Å². The summed E-state index contributed by atoms with van der Waals surface area (Å²) in [6.45, 7) is 0. The molecule has 1 heterocycles. The lowest BCUT2D eigenvalue weighted by Gasteiger charge is -2.27. The fraction of sp³-hybridized carbons (Fsp3) is 0.267. The molecule has 2 rings (SSSR count). The van der Waals surface area contributed by atoms with Gasteiger partial charge in [-0.15, -0.1) is 11.8 Å². The summed E-state index contributed by atoms with van der Waals surface area (Å²) in [5.74, 6) is -2.51. The zero-order chi connectivity index (χ0) is 17.0. The maximum atomic E-state index is 12.4. The van der Waals surface area contributed by atoms with Gasteiger partial charge >= 0.3 is 11.9 Å². The number of thioether (sulfide) groups is 1. The van der Waals surface area contributed by atoms with Crippen LogP contribution in [0.4, 0.5) is 0 Å². The highest BCUT2D eigenvalue weighted by Crippen LogP contribution is 2.42. The van der Waals surface area contributed by atoms with Gasteiger partial charge in [0, 0.05) is 18.2 Å². The third kappa shape index (κ3) is 4.04.